The number of nitrogens with one attached hydrogen (secondary N) is 1. The van der Waals surface area contributed by atoms with E-state index in [4.69, 9.17) is 0 Å². The minimum absolute atomic E-state index is 0.121. The highest BCUT2D eigenvalue weighted by Crippen LogP contribution is 2.26. The Hall–Kier alpha value is -2.43. The van der Waals surface area contributed by atoms with Crippen LogP contribution in [-0.2, 0) is 13.0 Å². The molecule has 120 valence electrons. The number of benzene rings is 2. The van der Waals surface area contributed by atoms with Gasteiger partial charge in [0.05, 0.1) is 6.54 Å². The first-order chi connectivity index (χ1) is 11.2. The molecule has 0 aliphatic carbocycles. The van der Waals surface area contributed by atoms with Gasteiger partial charge in [-0.15, -0.1) is 0 Å². The molecule has 0 spiro atoms. The van der Waals surface area contributed by atoms with Crippen molar-refractivity contribution in [1.29, 1.82) is 0 Å². The number of hydrogen-bond acceptors (Lipinski definition) is 1. The highest BCUT2D eigenvalue weighted by Gasteiger charge is 2.21. The number of carbonyl (C=O) groups is 1. The molecule has 5 heteroatoms. The Morgan fingerprint density at radius 3 is 2.57 bits per heavy atom. The summed E-state index contributed by atoms with van der Waals surface area (Å²) in [6.45, 7) is 0.429. The Morgan fingerprint density at radius 1 is 1.04 bits per heavy atom. The molecule has 0 bridgehead atoms. The van der Waals surface area contributed by atoms with E-state index >= 15 is 0 Å². The summed E-state index contributed by atoms with van der Waals surface area (Å²) in [6, 6.07) is 11.1. The van der Waals surface area contributed by atoms with Crippen LogP contribution in [0.4, 0.5) is 19.3 Å². The molecule has 3 nitrogen and oxygen atoms in total. The standard InChI is InChI=1S/C18H18F2N2O/c19-15-8-5-9-16(20)14(15)12-21-18(23)22-11-4-3-7-13-6-1-2-10-17(13)22/h1-2,5-6,8-10H,3-4,7,11-12H2,(H,21,23). The van der Waals surface area contributed by atoms with Crippen LogP contribution in [0.25, 0.3) is 0 Å². The van der Waals surface area contributed by atoms with Gasteiger partial charge in [0.1, 0.15) is 11.6 Å². The molecule has 3 rings (SSSR count). The van der Waals surface area contributed by atoms with Crippen LogP contribution < -0.4 is 10.2 Å². The highest BCUT2D eigenvalue weighted by atomic mass is 19.1. The second-order valence-electron chi connectivity index (χ2n) is 5.60. The third-order valence-corrected chi connectivity index (χ3v) is 4.08. The fourth-order valence-corrected chi connectivity index (χ4v) is 2.86. The largest absolute Gasteiger partial charge is 0.333 e. The Bertz CT molecular complexity index is 698. The first-order valence-corrected chi connectivity index (χ1v) is 7.73. The molecule has 0 saturated carbocycles. The minimum Gasteiger partial charge on any atom is -0.333 e. The molecule has 1 aliphatic heterocycles. The quantitative estimate of drug-likeness (QED) is 0.892. The summed E-state index contributed by atoms with van der Waals surface area (Å²) in [6.07, 6.45) is 2.85. The van der Waals surface area contributed by atoms with Crippen molar-refractivity contribution >= 4 is 11.7 Å². The number of anilines is 1. The lowest BCUT2D eigenvalue weighted by molar-refractivity contribution is 0.245. The van der Waals surface area contributed by atoms with Gasteiger partial charge in [0.15, 0.2) is 0 Å². The van der Waals surface area contributed by atoms with Crippen molar-refractivity contribution < 1.29 is 13.6 Å². The number of carbonyl (C=O) groups excluding carboxylic acids is 1. The number of para-hydroxylation sites is 1. The molecule has 0 saturated heterocycles. The monoisotopic (exact) mass is 316 g/mol. The van der Waals surface area contributed by atoms with Gasteiger partial charge in [-0.1, -0.05) is 24.3 Å². The lowest BCUT2D eigenvalue weighted by Crippen LogP contribution is -2.40. The van der Waals surface area contributed by atoms with E-state index in [1.54, 1.807) is 4.90 Å². The van der Waals surface area contributed by atoms with Gasteiger partial charge in [0.25, 0.3) is 0 Å². The average Bonchev–Trinajstić information content (AvgIpc) is 2.76. The number of fused-ring (bicyclic) bond motifs is 1. The second-order valence-corrected chi connectivity index (χ2v) is 5.60. The minimum atomic E-state index is -0.651. The van der Waals surface area contributed by atoms with E-state index in [1.807, 2.05) is 24.3 Å². The van der Waals surface area contributed by atoms with Gasteiger partial charge in [0.2, 0.25) is 0 Å². The predicted molar refractivity (Wildman–Crippen MR) is 85.3 cm³/mol. The average molecular weight is 316 g/mol. The number of amides is 2. The first kappa shape index (κ1) is 15.5. The van der Waals surface area contributed by atoms with Gasteiger partial charge < -0.3 is 5.32 Å². The summed E-state index contributed by atoms with van der Waals surface area (Å²) < 4.78 is 27.3. The summed E-state index contributed by atoms with van der Waals surface area (Å²) in [7, 11) is 0. The molecule has 0 fully saturated rings. The van der Waals surface area contributed by atoms with Crippen molar-refractivity contribution in [2.24, 2.45) is 0 Å². The van der Waals surface area contributed by atoms with Crippen molar-refractivity contribution in [3.05, 3.63) is 65.2 Å². The number of halogens is 2. The lowest BCUT2D eigenvalue weighted by Gasteiger charge is -2.23. The predicted octanol–water partition coefficient (Wildman–Crippen LogP) is 4.02. The number of aryl methyl sites for hydroxylation is 1. The van der Waals surface area contributed by atoms with Crippen molar-refractivity contribution in [3.8, 4) is 0 Å². The maximum Gasteiger partial charge on any atom is 0.322 e. The lowest BCUT2D eigenvalue weighted by atomic mass is 10.1. The smallest absolute Gasteiger partial charge is 0.322 e. The Balaban J connectivity index is 1.76. The van der Waals surface area contributed by atoms with Crippen molar-refractivity contribution in [1.82, 2.24) is 5.32 Å². The molecule has 1 heterocycles. The summed E-state index contributed by atoms with van der Waals surface area (Å²) in [5.74, 6) is -1.30. The zero-order valence-electron chi connectivity index (χ0n) is 12.7. The van der Waals surface area contributed by atoms with E-state index < -0.39 is 11.6 Å². The van der Waals surface area contributed by atoms with Crippen molar-refractivity contribution in [3.63, 3.8) is 0 Å². The maximum atomic E-state index is 13.6. The molecular weight excluding hydrogens is 298 g/mol. The van der Waals surface area contributed by atoms with Gasteiger partial charge >= 0.3 is 6.03 Å². The van der Waals surface area contributed by atoms with Gasteiger partial charge in [-0.2, -0.15) is 0 Å². The van der Waals surface area contributed by atoms with E-state index in [-0.39, 0.29) is 18.1 Å². The SMILES string of the molecule is O=C(NCc1c(F)cccc1F)N1CCCCc2ccccc21. The third kappa shape index (κ3) is 3.33. The van der Waals surface area contributed by atoms with E-state index in [0.29, 0.717) is 6.54 Å². The molecule has 0 atom stereocenters. The number of urea groups is 1. The van der Waals surface area contributed by atoms with Crippen molar-refractivity contribution in [2.45, 2.75) is 25.8 Å². The van der Waals surface area contributed by atoms with Gasteiger partial charge in [-0.05, 0) is 43.0 Å². The van der Waals surface area contributed by atoms with Crippen molar-refractivity contribution in [2.75, 3.05) is 11.4 Å². The van der Waals surface area contributed by atoms with E-state index in [9.17, 15) is 13.6 Å². The zero-order valence-corrected chi connectivity index (χ0v) is 12.7. The van der Waals surface area contributed by atoms with Crippen LogP contribution in [-0.4, -0.2) is 12.6 Å². The van der Waals surface area contributed by atoms with Crippen LogP contribution in [0.2, 0.25) is 0 Å². The Labute approximate surface area is 133 Å². The van der Waals surface area contributed by atoms with Gasteiger partial charge in [-0.25, -0.2) is 13.6 Å². The topological polar surface area (TPSA) is 32.3 Å². The Morgan fingerprint density at radius 2 is 1.78 bits per heavy atom. The normalized spacial score (nSPS) is 14.1. The molecule has 23 heavy (non-hydrogen) atoms. The van der Waals surface area contributed by atoms with Crippen LogP contribution in [0, 0.1) is 11.6 Å². The van der Waals surface area contributed by atoms with Crippen LogP contribution in [0.3, 0.4) is 0 Å². The van der Waals surface area contributed by atoms with Crippen LogP contribution in [0.5, 0.6) is 0 Å². The second kappa shape index (κ2) is 6.77. The van der Waals surface area contributed by atoms with E-state index in [1.165, 1.54) is 18.2 Å². The van der Waals surface area contributed by atoms with Crippen LogP contribution >= 0.6 is 0 Å². The Kier molecular flexibility index (Phi) is 4.55. The van der Waals surface area contributed by atoms with E-state index in [0.717, 1.165) is 30.5 Å². The fourth-order valence-electron chi connectivity index (χ4n) is 2.86. The molecule has 2 amide bonds. The number of nitrogens with zero attached hydrogens (tertiary/aromatic N) is 1. The summed E-state index contributed by atoms with van der Waals surface area (Å²) in [4.78, 5) is 14.1. The fraction of sp³-hybridized carbons (Fsp3) is 0.278. The molecule has 2 aromatic rings. The van der Waals surface area contributed by atoms with Gasteiger partial charge in [0, 0.05) is 17.8 Å². The van der Waals surface area contributed by atoms with Crippen LogP contribution in [0.1, 0.15) is 24.0 Å². The molecular formula is C18H18F2N2O. The molecule has 1 N–H and O–H groups in total. The molecule has 0 unspecified atom stereocenters. The van der Waals surface area contributed by atoms with E-state index in [2.05, 4.69) is 5.32 Å². The first-order valence-electron chi connectivity index (χ1n) is 7.73. The highest BCUT2D eigenvalue weighted by molar-refractivity contribution is 5.92. The van der Waals surface area contributed by atoms with Gasteiger partial charge in [-0.3, -0.25) is 4.90 Å². The molecule has 0 aromatic heterocycles. The number of hydrogen-bond donors (Lipinski definition) is 1. The molecule has 0 radical (unpaired) electrons. The van der Waals surface area contributed by atoms with Crippen LogP contribution in [0.15, 0.2) is 42.5 Å². The third-order valence-electron chi connectivity index (χ3n) is 4.08. The zero-order chi connectivity index (χ0) is 16.2. The summed E-state index contributed by atoms with van der Waals surface area (Å²) in [5, 5.41) is 2.63. The number of rotatable bonds is 2. The molecule has 1 aliphatic rings. The maximum absolute atomic E-state index is 13.6. The summed E-state index contributed by atoms with van der Waals surface area (Å²) in [5.41, 5.74) is 1.87. The molecule has 2 aromatic carbocycles. The summed E-state index contributed by atoms with van der Waals surface area (Å²) >= 11 is 0.